The molecule has 3 aliphatic rings. The van der Waals surface area contributed by atoms with E-state index in [0.29, 0.717) is 32.5 Å². The first kappa shape index (κ1) is 60.7. The van der Waals surface area contributed by atoms with Gasteiger partial charge in [-0.15, -0.1) is 10.2 Å². The molecule has 0 amide bonds. The third kappa shape index (κ3) is 14.6. The molecule has 424 valence electrons. The highest BCUT2D eigenvalue weighted by atomic mass is 16.7. The Balaban J connectivity index is 1.17. The highest BCUT2D eigenvalue weighted by molar-refractivity contribution is 5.73. The molecule has 1 aromatic carbocycles. The maximum Gasteiger partial charge on any atom is 0.309 e. The van der Waals surface area contributed by atoms with Crippen LogP contribution in [0.5, 0.6) is 0 Å². The van der Waals surface area contributed by atoms with Crippen LogP contribution < -0.4 is 5.32 Å². The summed E-state index contributed by atoms with van der Waals surface area (Å²) in [5, 5.41) is 80.6. The lowest BCUT2D eigenvalue weighted by Gasteiger charge is -2.51. The molecule has 3 fully saturated rings. The molecule has 0 radical (unpaired) electrons. The van der Waals surface area contributed by atoms with Crippen molar-refractivity contribution in [1.82, 2.24) is 45.1 Å². The Bertz CT molecular complexity index is 2230. The first-order chi connectivity index (χ1) is 35.3. The molecule has 20 heteroatoms. The second-order valence-corrected chi connectivity index (χ2v) is 23.3. The molecule has 2 aromatic heterocycles. The summed E-state index contributed by atoms with van der Waals surface area (Å²) in [6, 6.07) is 7.46. The van der Waals surface area contributed by atoms with Gasteiger partial charge in [-0.25, -0.2) is 4.68 Å². The molecule has 3 aliphatic heterocycles. The number of aryl methyl sites for hydroxylation is 2. The fourth-order valence-corrected chi connectivity index (χ4v) is 12.3. The van der Waals surface area contributed by atoms with Crippen molar-refractivity contribution >= 4 is 5.97 Å². The van der Waals surface area contributed by atoms with Gasteiger partial charge in [-0.2, -0.15) is 0 Å². The highest BCUT2D eigenvalue weighted by Crippen LogP contribution is 2.45. The second kappa shape index (κ2) is 26.0. The Morgan fingerprint density at radius 1 is 0.907 bits per heavy atom. The molecular weight excluding hydrogens is 963 g/mol. The molecule has 3 aromatic rings. The van der Waals surface area contributed by atoms with Gasteiger partial charge < -0.3 is 64.3 Å². The van der Waals surface area contributed by atoms with Crippen LogP contribution in [0.25, 0.3) is 5.69 Å². The summed E-state index contributed by atoms with van der Waals surface area (Å²) in [4.78, 5) is 18.7. The van der Waals surface area contributed by atoms with Gasteiger partial charge in [0.1, 0.15) is 30.0 Å². The van der Waals surface area contributed by atoms with E-state index < -0.39 is 95.6 Å². The van der Waals surface area contributed by atoms with Crippen LogP contribution in [0.2, 0.25) is 0 Å². The number of esters is 1. The highest BCUT2D eigenvalue weighted by Gasteiger charge is 2.55. The number of aromatic nitrogens is 6. The molecule has 20 nitrogen and oxygen atoms in total. The van der Waals surface area contributed by atoms with E-state index in [1.807, 2.05) is 77.7 Å². The number of aliphatic hydroxyl groups excluding tert-OH is 3. The van der Waals surface area contributed by atoms with Crippen LogP contribution in [0, 0.1) is 23.7 Å². The summed E-state index contributed by atoms with van der Waals surface area (Å²) in [6.45, 7) is 20.5. The number of hydrogen-bond donors (Lipinski definition) is 6. The minimum absolute atomic E-state index is 0.164. The number of likely N-dealkylation sites (N-methyl/N-ethyl adjacent to an activating group) is 2. The minimum Gasteiger partial charge on any atom is -0.459 e. The SMILES string of the molecule is CC[C@H]1OC(=O)[C@H](C)[C@@H](C2C[C@@](C)(OC)[C@@H](O)[C@H](C)O2)[C@H](C)[C@@H](O[C@@H]2O[C@H](C)C[C@H](N(C)CCc3cn(CCCCc4ccc(-n5cc(CNC)nn5)cc4)nn3)[C@H]2O)[C@](C)(O)C[C@@H](C)CN(C)[C@H](C)[C@@H](O)[C@]1(C)O. The van der Waals surface area contributed by atoms with Gasteiger partial charge in [-0.3, -0.25) is 9.48 Å². The van der Waals surface area contributed by atoms with E-state index in [-0.39, 0.29) is 37.3 Å². The van der Waals surface area contributed by atoms with Gasteiger partial charge in [-0.05, 0) is 131 Å². The maximum atomic E-state index is 14.6. The standard InChI is InChI=1S/C55H93N9O11/c1-15-45-55(10,70)48(66)37(6)62(13)30-33(2)27-53(8,69)50(35(4)46(36(5)51(68)74-45)44-28-54(9,71-14)49(67)38(7)73-44)75-52-47(65)43(26-34(3)72-52)61(12)25-23-40-31-63(59-57-40)24-17-16-18-39-19-21-42(22-20-39)64-32-41(29-56-11)58-60-64/h19-22,31-38,43-50,52,56,65-67,69-70H,15-18,23-30H2,1-14H3/t33-,34-,35+,36-,37-,38+,43+,44?,45-,46+,47-,48-,49+,50-,52+,53-,54-,55-/m1/s1. The zero-order valence-corrected chi connectivity index (χ0v) is 47.4. The molecular formula is C55H93N9O11. The van der Waals surface area contributed by atoms with E-state index in [4.69, 9.17) is 23.7 Å². The van der Waals surface area contributed by atoms with Gasteiger partial charge >= 0.3 is 5.97 Å². The number of aliphatic hydroxyl groups is 5. The van der Waals surface area contributed by atoms with E-state index in [1.54, 1.807) is 39.5 Å². The number of rotatable bonds is 17. The van der Waals surface area contributed by atoms with Crippen molar-refractivity contribution in [3.63, 3.8) is 0 Å². The monoisotopic (exact) mass is 1060 g/mol. The summed E-state index contributed by atoms with van der Waals surface area (Å²) >= 11 is 0. The third-order valence-electron chi connectivity index (χ3n) is 17.0. The van der Waals surface area contributed by atoms with E-state index in [1.165, 1.54) is 12.5 Å². The number of nitrogens with one attached hydrogen (secondary N) is 1. The lowest BCUT2D eigenvalue weighted by molar-refractivity contribution is -0.302. The fourth-order valence-electron chi connectivity index (χ4n) is 12.3. The summed E-state index contributed by atoms with van der Waals surface area (Å²) in [5.41, 5.74) is -0.482. The van der Waals surface area contributed by atoms with Crippen molar-refractivity contribution in [1.29, 1.82) is 0 Å². The van der Waals surface area contributed by atoms with Crippen molar-refractivity contribution in [2.45, 2.75) is 218 Å². The first-order valence-corrected chi connectivity index (χ1v) is 27.5. The molecule has 5 heterocycles. The first-order valence-electron chi connectivity index (χ1n) is 27.5. The predicted molar refractivity (Wildman–Crippen MR) is 283 cm³/mol. The lowest BCUT2D eigenvalue weighted by Crippen LogP contribution is -2.62. The Morgan fingerprint density at radius 2 is 1.60 bits per heavy atom. The quantitative estimate of drug-likeness (QED) is 0.0834. The normalized spacial score (nSPS) is 38.0. The molecule has 3 saturated heterocycles. The van der Waals surface area contributed by atoms with Gasteiger partial charge in [-0.1, -0.05) is 50.3 Å². The number of unbranched alkanes of at least 4 members (excludes halogenated alkanes) is 1. The van der Waals surface area contributed by atoms with Crippen molar-refractivity contribution < 1.29 is 54.0 Å². The van der Waals surface area contributed by atoms with Crippen LogP contribution in [0.3, 0.4) is 0 Å². The Morgan fingerprint density at radius 3 is 2.27 bits per heavy atom. The molecule has 0 aliphatic carbocycles. The van der Waals surface area contributed by atoms with E-state index >= 15 is 0 Å². The topological polar surface area (TPSA) is 244 Å². The minimum atomic E-state index is -1.81. The smallest absolute Gasteiger partial charge is 0.309 e. The third-order valence-corrected chi connectivity index (χ3v) is 17.0. The van der Waals surface area contributed by atoms with Gasteiger partial charge in [0.2, 0.25) is 0 Å². The van der Waals surface area contributed by atoms with Gasteiger partial charge in [0.05, 0.1) is 64.8 Å². The van der Waals surface area contributed by atoms with E-state index in [0.717, 1.165) is 42.9 Å². The van der Waals surface area contributed by atoms with Gasteiger partial charge in [0.15, 0.2) is 6.29 Å². The van der Waals surface area contributed by atoms with Crippen molar-refractivity contribution in [3.05, 3.63) is 53.6 Å². The summed E-state index contributed by atoms with van der Waals surface area (Å²) < 4.78 is 36.0. The number of hydrogen-bond acceptors (Lipinski definition) is 18. The van der Waals surface area contributed by atoms with E-state index in [2.05, 4.69) is 55.1 Å². The van der Waals surface area contributed by atoms with Crippen LogP contribution in [-0.2, 0) is 54.4 Å². The number of carbonyl (C=O) groups excluding carboxylic acids is 1. The largest absolute Gasteiger partial charge is 0.459 e. The zero-order chi connectivity index (χ0) is 55.2. The molecule has 6 N–H and O–H groups in total. The predicted octanol–water partition coefficient (Wildman–Crippen LogP) is 3.70. The van der Waals surface area contributed by atoms with Crippen LogP contribution in [0.4, 0.5) is 0 Å². The molecule has 0 bridgehead atoms. The molecule has 6 rings (SSSR count). The zero-order valence-electron chi connectivity index (χ0n) is 47.4. The number of ether oxygens (including phenoxy) is 5. The summed E-state index contributed by atoms with van der Waals surface area (Å²) in [5.74, 6) is -3.10. The molecule has 0 saturated carbocycles. The fraction of sp³-hybridized carbons (Fsp3) is 0.800. The van der Waals surface area contributed by atoms with Crippen LogP contribution in [0.1, 0.15) is 125 Å². The Labute approximate surface area is 445 Å². The summed E-state index contributed by atoms with van der Waals surface area (Å²) in [7, 11) is 7.25. The Kier molecular flexibility index (Phi) is 21.0. The van der Waals surface area contributed by atoms with Gasteiger partial charge in [0.25, 0.3) is 0 Å². The van der Waals surface area contributed by atoms with Crippen LogP contribution in [-0.4, -0.2) is 197 Å². The van der Waals surface area contributed by atoms with Crippen LogP contribution >= 0.6 is 0 Å². The number of cyclic esters (lactones) is 1. The number of carbonyl (C=O) groups is 1. The van der Waals surface area contributed by atoms with E-state index in [9.17, 15) is 30.3 Å². The maximum absolute atomic E-state index is 14.6. The second-order valence-electron chi connectivity index (χ2n) is 23.3. The number of nitrogens with zero attached hydrogens (tertiary/aromatic N) is 8. The average Bonchev–Trinajstić information content (AvgIpc) is 4.04. The summed E-state index contributed by atoms with van der Waals surface area (Å²) in [6.07, 6.45) is 0.179. The lowest BCUT2D eigenvalue weighted by atomic mass is 9.68. The molecule has 18 atom stereocenters. The Hall–Kier alpha value is -3.51. The number of methoxy groups -OCH3 is 1. The molecule has 75 heavy (non-hydrogen) atoms. The van der Waals surface area contributed by atoms with Gasteiger partial charge in [0, 0.05) is 70.3 Å². The average molecular weight is 1060 g/mol. The van der Waals surface area contributed by atoms with Crippen molar-refractivity contribution in [3.8, 4) is 5.69 Å². The number of benzene rings is 1. The molecule has 1 unspecified atom stereocenters. The van der Waals surface area contributed by atoms with Crippen molar-refractivity contribution in [2.75, 3.05) is 41.3 Å². The van der Waals surface area contributed by atoms with Crippen LogP contribution in [0.15, 0.2) is 36.7 Å². The van der Waals surface area contributed by atoms with Crippen molar-refractivity contribution in [2.24, 2.45) is 23.7 Å². The molecule has 0 spiro atoms.